The van der Waals surface area contributed by atoms with E-state index in [0.29, 0.717) is 18.0 Å². The molecule has 108 valence electrons. The highest BCUT2D eigenvalue weighted by molar-refractivity contribution is 7.89. The van der Waals surface area contributed by atoms with Gasteiger partial charge in [0.1, 0.15) is 4.90 Å². The number of sulfonamides is 1. The number of hydrogen-bond donors (Lipinski definition) is 1. The second-order valence-electron chi connectivity index (χ2n) is 4.70. The van der Waals surface area contributed by atoms with Crippen LogP contribution < -0.4 is 5.32 Å². The molecule has 0 aromatic carbocycles. The van der Waals surface area contributed by atoms with Gasteiger partial charge >= 0.3 is 0 Å². The van der Waals surface area contributed by atoms with Crippen molar-refractivity contribution in [3.05, 3.63) is 30.1 Å². The maximum absolute atomic E-state index is 12.4. The number of nitrogens with zero attached hydrogens (tertiary/aromatic N) is 2. The highest BCUT2D eigenvalue weighted by atomic mass is 32.2. The van der Waals surface area contributed by atoms with Crippen LogP contribution in [0, 0.1) is 0 Å². The van der Waals surface area contributed by atoms with Crippen LogP contribution in [0.3, 0.4) is 0 Å². The highest BCUT2D eigenvalue weighted by Crippen LogP contribution is 2.19. The fraction of sp³-hybridized carbons (Fsp3) is 0.538. The van der Waals surface area contributed by atoms with Crippen molar-refractivity contribution in [1.29, 1.82) is 0 Å². The molecule has 0 aliphatic rings. The van der Waals surface area contributed by atoms with E-state index in [4.69, 9.17) is 0 Å². The normalized spacial score (nSPS) is 12.1. The lowest BCUT2D eigenvalue weighted by molar-refractivity contribution is 0.493. The van der Waals surface area contributed by atoms with E-state index >= 15 is 0 Å². The second kappa shape index (κ2) is 6.36. The fourth-order valence-electron chi connectivity index (χ4n) is 1.94. The first-order valence-corrected chi connectivity index (χ1v) is 7.71. The van der Waals surface area contributed by atoms with Crippen molar-refractivity contribution in [2.45, 2.75) is 31.8 Å². The van der Waals surface area contributed by atoms with Gasteiger partial charge < -0.3 is 9.88 Å². The zero-order valence-electron chi connectivity index (χ0n) is 12.1. The summed E-state index contributed by atoms with van der Waals surface area (Å²) in [5.74, 6) is 0. The number of hydrogen-bond acceptors (Lipinski definition) is 3. The van der Waals surface area contributed by atoms with Crippen LogP contribution in [0.15, 0.2) is 29.3 Å². The molecule has 0 aliphatic carbocycles. The van der Waals surface area contributed by atoms with E-state index in [1.54, 1.807) is 19.3 Å². The maximum Gasteiger partial charge on any atom is 0.244 e. The monoisotopic (exact) mass is 285 g/mol. The minimum atomic E-state index is -3.44. The van der Waals surface area contributed by atoms with Crippen molar-refractivity contribution in [1.82, 2.24) is 14.2 Å². The molecule has 0 radical (unpaired) electrons. The van der Waals surface area contributed by atoms with Gasteiger partial charge in [-0.05, 0) is 27.0 Å². The quantitative estimate of drug-likeness (QED) is 0.771. The molecule has 0 saturated heterocycles. The van der Waals surface area contributed by atoms with Crippen LogP contribution in [0.1, 0.15) is 19.5 Å². The van der Waals surface area contributed by atoms with E-state index in [-0.39, 0.29) is 0 Å². The number of aromatic nitrogens is 1. The van der Waals surface area contributed by atoms with Crippen LogP contribution in [0.4, 0.5) is 0 Å². The Morgan fingerprint density at radius 2 is 2.16 bits per heavy atom. The van der Waals surface area contributed by atoms with Crippen LogP contribution in [0.2, 0.25) is 0 Å². The Kier molecular flexibility index (Phi) is 5.34. The molecule has 0 amide bonds. The third-order valence-corrected chi connectivity index (χ3v) is 4.63. The molecule has 1 aromatic heterocycles. The molecule has 0 saturated carbocycles. The number of nitrogens with one attached hydrogen (secondary N) is 1. The number of aryl methyl sites for hydroxylation is 1. The van der Waals surface area contributed by atoms with Crippen LogP contribution >= 0.6 is 0 Å². The lowest BCUT2D eigenvalue weighted by Gasteiger charge is -2.15. The molecule has 1 aromatic rings. The van der Waals surface area contributed by atoms with Crippen molar-refractivity contribution in [3.63, 3.8) is 0 Å². The summed E-state index contributed by atoms with van der Waals surface area (Å²) in [6, 6.07) is 1.73. The molecule has 0 bridgehead atoms. The van der Waals surface area contributed by atoms with E-state index in [1.807, 2.05) is 25.5 Å². The third-order valence-electron chi connectivity index (χ3n) is 2.86. The van der Waals surface area contributed by atoms with Crippen LogP contribution in [0.25, 0.3) is 0 Å². The molecule has 1 N–H and O–H groups in total. The highest BCUT2D eigenvalue weighted by Gasteiger charge is 2.23. The predicted molar refractivity (Wildman–Crippen MR) is 77.5 cm³/mol. The molecule has 0 spiro atoms. The van der Waals surface area contributed by atoms with Crippen molar-refractivity contribution < 1.29 is 8.42 Å². The Hall–Kier alpha value is -1.11. The van der Waals surface area contributed by atoms with Gasteiger partial charge in [0.05, 0.1) is 0 Å². The van der Waals surface area contributed by atoms with E-state index in [9.17, 15) is 8.42 Å². The second-order valence-corrected chi connectivity index (χ2v) is 6.75. The molecule has 19 heavy (non-hydrogen) atoms. The number of rotatable bonds is 7. The zero-order chi connectivity index (χ0) is 14.6. The predicted octanol–water partition coefficient (Wildman–Crippen LogP) is 1.42. The van der Waals surface area contributed by atoms with Crippen molar-refractivity contribution >= 4 is 10.0 Å². The first kappa shape index (κ1) is 15.9. The SMILES string of the molecule is C=C(C)CN(C)S(=O)(=O)c1cc(CNC)n(CC)c1. The summed E-state index contributed by atoms with van der Waals surface area (Å²) in [4.78, 5) is 0.336. The summed E-state index contributed by atoms with van der Waals surface area (Å²) in [6.07, 6.45) is 1.69. The molecular formula is C13H23N3O2S. The van der Waals surface area contributed by atoms with Crippen LogP contribution in [-0.2, 0) is 23.1 Å². The third kappa shape index (κ3) is 3.68. The largest absolute Gasteiger partial charge is 0.349 e. The average Bonchev–Trinajstić information content (AvgIpc) is 2.72. The van der Waals surface area contributed by atoms with Crippen molar-refractivity contribution in [2.75, 3.05) is 20.6 Å². The van der Waals surface area contributed by atoms with Gasteiger partial charge in [0, 0.05) is 38.6 Å². The van der Waals surface area contributed by atoms with Gasteiger partial charge in [-0.1, -0.05) is 12.2 Å². The van der Waals surface area contributed by atoms with Crippen LogP contribution in [-0.4, -0.2) is 37.9 Å². The lowest BCUT2D eigenvalue weighted by Crippen LogP contribution is -2.28. The number of likely N-dealkylation sites (N-methyl/N-ethyl adjacent to an activating group) is 1. The summed E-state index contributed by atoms with van der Waals surface area (Å²) < 4.78 is 28.1. The summed E-state index contributed by atoms with van der Waals surface area (Å²) >= 11 is 0. The molecule has 0 aliphatic heterocycles. The van der Waals surface area contributed by atoms with Crippen molar-refractivity contribution in [2.24, 2.45) is 0 Å². The average molecular weight is 285 g/mol. The fourth-order valence-corrected chi connectivity index (χ4v) is 3.23. The smallest absolute Gasteiger partial charge is 0.244 e. The molecular weight excluding hydrogens is 262 g/mol. The Balaban J connectivity index is 3.11. The van der Waals surface area contributed by atoms with Gasteiger partial charge in [0.25, 0.3) is 0 Å². The van der Waals surface area contributed by atoms with E-state index in [0.717, 1.165) is 17.8 Å². The van der Waals surface area contributed by atoms with E-state index in [2.05, 4.69) is 11.9 Å². The van der Waals surface area contributed by atoms with Gasteiger partial charge in [0.15, 0.2) is 0 Å². The molecule has 1 rings (SSSR count). The van der Waals surface area contributed by atoms with E-state index in [1.165, 1.54) is 4.31 Å². The molecule has 0 unspecified atom stereocenters. The Bertz CT molecular complexity index is 546. The first-order valence-electron chi connectivity index (χ1n) is 6.27. The summed E-state index contributed by atoms with van der Waals surface area (Å²) in [5, 5.41) is 3.04. The molecule has 0 atom stereocenters. The zero-order valence-corrected chi connectivity index (χ0v) is 12.9. The first-order chi connectivity index (χ1) is 8.82. The molecule has 1 heterocycles. The topological polar surface area (TPSA) is 54.3 Å². The molecule has 5 nitrogen and oxygen atoms in total. The Labute approximate surface area is 116 Å². The van der Waals surface area contributed by atoms with Gasteiger partial charge in [-0.2, -0.15) is 4.31 Å². The van der Waals surface area contributed by atoms with Gasteiger partial charge in [-0.3, -0.25) is 0 Å². The lowest BCUT2D eigenvalue weighted by atomic mass is 10.4. The standard InChI is InChI=1S/C13H23N3O2S/c1-6-16-10-13(7-12(16)8-14-4)19(17,18)15(5)9-11(2)3/h7,10,14H,2,6,8-9H2,1,3-5H3. The molecule has 6 heteroatoms. The Morgan fingerprint density at radius 1 is 1.53 bits per heavy atom. The summed E-state index contributed by atoms with van der Waals surface area (Å²) in [5.41, 5.74) is 1.78. The van der Waals surface area contributed by atoms with Crippen molar-refractivity contribution in [3.8, 4) is 0 Å². The Morgan fingerprint density at radius 3 is 2.63 bits per heavy atom. The van der Waals surface area contributed by atoms with E-state index < -0.39 is 10.0 Å². The summed E-state index contributed by atoms with van der Waals surface area (Å²) in [7, 11) is -0.0241. The maximum atomic E-state index is 12.4. The van der Waals surface area contributed by atoms with Gasteiger partial charge in [0.2, 0.25) is 10.0 Å². The summed E-state index contributed by atoms with van der Waals surface area (Å²) in [6.45, 7) is 9.29. The minimum absolute atomic E-state index is 0.334. The molecule has 0 fully saturated rings. The minimum Gasteiger partial charge on any atom is -0.349 e. The van der Waals surface area contributed by atoms with Gasteiger partial charge in [-0.15, -0.1) is 0 Å². The van der Waals surface area contributed by atoms with Crippen LogP contribution in [0.5, 0.6) is 0 Å². The van der Waals surface area contributed by atoms with Gasteiger partial charge in [-0.25, -0.2) is 8.42 Å².